The number of unbranched alkanes of at least 4 members (excludes halogenated alkanes) is 2. The number of rotatable bonds is 9. The van der Waals surface area contributed by atoms with Crippen LogP contribution >= 0.6 is 0 Å². The van der Waals surface area contributed by atoms with Gasteiger partial charge in [-0.2, -0.15) is 0 Å². The minimum atomic E-state index is -1.22. The third-order valence-corrected chi connectivity index (χ3v) is 8.88. The highest BCUT2D eigenvalue weighted by Crippen LogP contribution is 2.57. The van der Waals surface area contributed by atoms with E-state index in [4.69, 9.17) is 4.74 Å². The van der Waals surface area contributed by atoms with Crippen LogP contribution in [-0.2, 0) is 19.1 Å². The average molecular weight is 544 g/mol. The van der Waals surface area contributed by atoms with Crippen molar-refractivity contribution in [1.29, 1.82) is 0 Å². The van der Waals surface area contributed by atoms with Gasteiger partial charge >= 0.3 is 0 Å². The maximum atomic E-state index is 14.6. The molecule has 4 heterocycles. The molecule has 4 aliphatic heterocycles. The molecule has 39 heavy (non-hydrogen) atoms. The van der Waals surface area contributed by atoms with E-state index in [1.54, 1.807) is 4.90 Å². The third-order valence-electron chi connectivity index (χ3n) is 8.88. The summed E-state index contributed by atoms with van der Waals surface area (Å²) in [6.07, 6.45) is 11.5. The number of hydrogen-bond donors (Lipinski definition) is 1. The number of carbonyl (C=O) groups excluding carboxylic acids is 3. The van der Waals surface area contributed by atoms with Gasteiger partial charge in [-0.3, -0.25) is 14.4 Å². The number of ether oxygens (including phenoxy) is 1. The molecule has 1 spiro atoms. The summed E-state index contributed by atoms with van der Waals surface area (Å²) in [5, 5.41) is 9.29. The molecule has 0 radical (unpaired) electrons. The summed E-state index contributed by atoms with van der Waals surface area (Å²) in [6.45, 7) is 16.7. The summed E-state index contributed by atoms with van der Waals surface area (Å²) < 4.78 is 6.91. The fourth-order valence-corrected chi connectivity index (χ4v) is 7.79. The van der Waals surface area contributed by atoms with Gasteiger partial charge in [0.05, 0.1) is 17.4 Å². The lowest BCUT2D eigenvalue weighted by atomic mass is 9.74. The molecule has 0 aromatic heterocycles. The van der Waals surface area contributed by atoms with Crippen molar-refractivity contribution in [3.63, 3.8) is 0 Å². The van der Waals surface area contributed by atoms with Crippen LogP contribution in [-0.4, -0.2) is 93.1 Å². The first-order chi connectivity index (χ1) is 18.2. The van der Waals surface area contributed by atoms with E-state index in [1.807, 2.05) is 48.0 Å². The van der Waals surface area contributed by atoms with Crippen LogP contribution in [0.4, 0.5) is 0 Å². The molecule has 3 amide bonds. The predicted molar refractivity (Wildman–Crippen MR) is 151 cm³/mol. The Hall–Kier alpha value is -2.19. The SMILES string of the molecule is CCCN1CC=C[C@@]2(C)O[C@]34C=CCN(C(C)(C)CC(C)(C)C)C(=O)C3N(CCCCCO)C(=O)[C@@H]4[C@H]2C1=O. The van der Waals surface area contributed by atoms with Crippen LogP contribution in [0.1, 0.15) is 80.6 Å². The molecule has 218 valence electrons. The normalized spacial score (nSPS) is 32.9. The summed E-state index contributed by atoms with van der Waals surface area (Å²) in [6, 6.07) is -0.841. The van der Waals surface area contributed by atoms with Crippen LogP contribution in [0.2, 0.25) is 0 Å². The van der Waals surface area contributed by atoms with Crippen molar-refractivity contribution in [1.82, 2.24) is 14.7 Å². The highest BCUT2D eigenvalue weighted by atomic mass is 16.5. The molecule has 4 rings (SSSR count). The van der Waals surface area contributed by atoms with Gasteiger partial charge in [0.15, 0.2) is 0 Å². The molecule has 2 saturated heterocycles. The topological polar surface area (TPSA) is 90.4 Å². The van der Waals surface area contributed by atoms with E-state index in [0.29, 0.717) is 39.0 Å². The molecule has 0 aromatic carbocycles. The molecule has 8 heteroatoms. The van der Waals surface area contributed by atoms with Crippen LogP contribution in [0.3, 0.4) is 0 Å². The molecule has 1 N–H and O–H groups in total. The van der Waals surface area contributed by atoms with Gasteiger partial charge in [0.25, 0.3) is 0 Å². The number of amides is 3. The van der Waals surface area contributed by atoms with E-state index < -0.39 is 34.6 Å². The van der Waals surface area contributed by atoms with Crippen LogP contribution < -0.4 is 0 Å². The second-order valence-electron chi connectivity index (χ2n) is 13.9. The Balaban J connectivity index is 1.80. The number of hydrogen-bond acceptors (Lipinski definition) is 5. The van der Waals surface area contributed by atoms with Crippen molar-refractivity contribution in [2.24, 2.45) is 17.3 Å². The Morgan fingerprint density at radius 1 is 0.923 bits per heavy atom. The summed E-state index contributed by atoms with van der Waals surface area (Å²) in [5.74, 6) is -1.84. The molecule has 4 aliphatic rings. The quantitative estimate of drug-likeness (QED) is 0.355. The molecule has 5 atom stereocenters. The Labute approximate surface area is 234 Å². The fraction of sp³-hybridized carbons (Fsp3) is 0.774. The zero-order valence-corrected chi connectivity index (χ0v) is 25.0. The molecule has 0 aromatic rings. The summed E-state index contributed by atoms with van der Waals surface area (Å²) in [7, 11) is 0. The van der Waals surface area contributed by atoms with Crippen LogP contribution in [0, 0.1) is 17.3 Å². The second kappa shape index (κ2) is 10.7. The lowest BCUT2D eigenvalue weighted by Gasteiger charge is -2.44. The van der Waals surface area contributed by atoms with Crippen molar-refractivity contribution in [3.05, 3.63) is 24.3 Å². The van der Waals surface area contributed by atoms with Crippen molar-refractivity contribution in [3.8, 4) is 0 Å². The molecular formula is C31H49N3O5. The first-order valence-electron chi connectivity index (χ1n) is 14.8. The molecule has 0 saturated carbocycles. The van der Waals surface area contributed by atoms with Crippen molar-refractivity contribution < 1.29 is 24.2 Å². The van der Waals surface area contributed by atoms with Gasteiger partial charge in [0.2, 0.25) is 17.7 Å². The van der Waals surface area contributed by atoms with Crippen LogP contribution in [0.25, 0.3) is 0 Å². The minimum absolute atomic E-state index is 0.0000230. The van der Waals surface area contributed by atoms with Crippen LogP contribution in [0.15, 0.2) is 24.3 Å². The van der Waals surface area contributed by atoms with Gasteiger partial charge in [-0.15, -0.1) is 0 Å². The lowest BCUT2D eigenvalue weighted by Crippen LogP contribution is -2.60. The highest BCUT2D eigenvalue weighted by Gasteiger charge is 2.74. The van der Waals surface area contributed by atoms with E-state index in [-0.39, 0.29) is 29.7 Å². The van der Waals surface area contributed by atoms with Crippen LogP contribution in [0.5, 0.6) is 0 Å². The number of aliphatic hydroxyl groups excluding tert-OH is 1. The highest BCUT2D eigenvalue weighted by molar-refractivity contribution is 6.00. The average Bonchev–Trinajstić information content (AvgIpc) is 3.08. The summed E-state index contributed by atoms with van der Waals surface area (Å²) in [5.41, 5.74) is -2.65. The first kappa shape index (κ1) is 29.8. The number of likely N-dealkylation sites (tertiary alicyclic amines) is 1. The van der Waals surface area contributed by atoms with Crippen molar-refractivity contribution in [2.75, 3.05) is 32.8 Å². The molecule has 1 unspecified atom stereocenters. The summed E-state index contributed by atoms with van der Waals surface area (Å²) >= 11 is 0. The molecule has 8 nitrogen and oxygen atoms in total. The lowest BCUT2D eigenvalue weighted by molar-refractivity contribution is -0.156. The number of fused-ring (bicyclic) bond motifs is 2. The fourth-order valence-electron chi connectivity index (χ4n) is 7.79. The van der Waals surface area contributed by atoms with Gasteiger partial charge < -0.3 is 24.5 Å². The zero-order valence-electron chi connectivity index (χ0n) is 25.0. The van der Waals surface area contributed by atoms with E-state index in [0.717, 1.165) is 19.3 Å². The third kappa shape index (κ3) is 5.19. The maximum absolute atomic E-state index is 14.6. The largest absolute Gasteiger partial charge is 0.396 e. The molecular weight excluding hydrogens is 494 g/mol. The smallest absolute Gasteiger partial charge is 0.249 e. The molecule has 0 aliphatic carbocycles. The van der Waals surface area contributed by atoms with Crippen molar-refractivity contribution >= 4 is 17.7 Å². The minimum Gasteiger partial charge on any atom is -0.396 e. The molecule has 2 fully saturated rings. The van der Waals surface area contributed by atoms with Gasteiger partial charge in [-0.25, -0.2) is 0 Å². The van der Waals surface area contributed by atoms with E-state index in [1.165, 1.54) is 0 Å². The predicted octanol–water partition coefficient (Wildman–Crippen LogP) is 3.54. The number of carbonyl (C=O) groups is 3. The zero-order chi connectivity index (χ0) is 28.8. The van der Waals surface area contributed by atoms with Gasteiger partial charge in [0.1, 0.15) is 11.6 Å². The Morgan fingerprint density at radius 3 is 2.26 bits per heavy atom. The van der Waals surface area contributed by atoms with E-state index in [2.05, 4.69) is 34.6 Å². The Bertz CT molecular complexity index is 1030. The first-order valence-corrected chi connectivity index (χ1v) is 14.8. The molecule has 0 bridgehead atoms. The summed E-state index contributed by atoms with van der Waals surface area (Å²) in [4.78, 5) is 48.5. The maximum Gasteiger partial charge on any atom is 0.249 e. The Kier molecular flexibility index (Phi) is 8.14. The number of aliphatic hydroxyl groups is 1. The van der Waals surface area contributed by atoms with Gasteiger partial charge in [-0.05, 0) is 58.3 Å². The standard InChI is InChI=1S/C31H49N3O5/c1-8-16-32-17-12-14-30(7)22(25(32)36)23-26(37)33(18-10-9-11-20-35)24-27(38)34(19-13-15-31(23,24)39-30)29(5,6)21-28(2,3)4/h12-15,22-24,35H,8-11,16-21H2,1-7H3/t22-,23-,24?,30+,31-/m0/s1. The van der Waals surface area contributed by atoms with E-state index >= 15 is 0 Å². The monoisotopic (exact) mass is 543 g/mol. The Morgan fingerprint density at radius 2 is 1.62 bits per heavy atom. The van der Waals surface area contributed by atoms with Crippen molar-refractivity contribution in [2.45, 2.75) is 103 Å². The van der Waals surface area contributed by atoms with Gasteiger partial charge in [0, 0.05) is 38.3 Å². The number of nitrogens with zero attached hydrogens (tertiary/aromatic N) is 3. The second-order valence-corrected chi connectivity index (χ2v) is 13.9. The van der Waals surface area contributed by atoms with Gasteiger partial charge in [-0.1, -0.05) is 52.0 Å². The van der Waals surface area contributed by atoms with E-state index in [9.17, 15) is 19.5 Å².